The van der Waals surface area contributed by atoms with E-state index in [9.17, 15) is 14.7 Å². The Labute approximate surface area is 279 Å². The van der Waals surface area contributed by atoms with Crippen molar-refractivity contribution in [3.8, 4) is 17.2 Å². The molecule has 0 radical (unpaired) electrons. The van der Waals surface area contributed by atoms with Crippen molar-refractivity contribution in [2.45, 2.75) is 83.5 Å². The van der Waals surface area contributed by atoms with Crippen LogP contribution in [0.3, 0.4) is 0 Å². The highest BCUT2D eigenvalue weighted by Crippen LogP contribution is 2.37. The molecule has 0 saturated carbocycles. The van der Waals surface area contributed by atoms with Gasteiger partial charge in [0.15, 0.2) is 11.5 Å². The number of nitrogens with one attached hydrogen (secondary N) is 1. The Hall–Kier alpha value is -3.96. The molecule has 0 spiro atoms. The smallest absolute Gasteiger partial charge is 0.210 e. The summed E-state index contributed by atoms with van der Waals surface area (Å²) in [5.74, 6) is 2.13. The summed E-state index contributed by atoms with van der Waals surface area (Å²) in [5.41, 5.74) is 11.9. The molecule has 4 rings (SSSR count). The van der Waals surface area contributed by atoms with E-state index in [1.165, 1.54) is 5.56 Å². The summed E-state index contributed by atoms with van der Waals surface area (Å²) < 4.78 is 18.1. The average Bonchev–Trinajstić information content (AvgIpc) is 3.53. The van der Waals surface area contributed by atoms with Crippen molar-refractivity contribution >= 4 is 24.2 Å². The summed E-state index contributed by atoms with van der Waals surface area (Å²) in [7, 11) is 3.49. The molecule has 2 aromatic carbocycles. The summed E-state index contributed by atoms with van der Waals surface area (Å²) in [6.07, 6.45) is 7.80. The summed E-state index contributed by atoms with van der Waals surface area (Å²) >= 11 is 0. The van der Waals surface area contributed by atoms with Gasteiger partial charge in [-0.15, -0.1) is 0 Å². The lowest BCUT2D eigenvalue weighted by Gasteiger charge is -2.35. The number of carbonyl (C=O) groups is 2. The van der Waals surface area contributed by atoms with Crippen molar-refractivity contribution in [3.63, 3.8) is 0 Å². The zero-order valence-electron chi connectivity index (χ0n) is 28.5. The van der Waals surface area contributed by atoms with Crippen LogP contribution in [0.4, 0.5) is 11.4 Å². The van der Waals surface area contributed by atoms with Gasteiger partial charge in [-0.05, 0) is 88.0 Å². The number of anilines is 2. The average molecular weight is 652 g/mol. The lowest BCUT2D eigenvalue weighted by molar-refractivity contribution is -0.118. The number of nitrogens with zero attached hydrogens (tertiary/aromatic N) is 3. The molecule has 11 heteroatoms. The maximum Gasteiger partial charge on any atom is 0.210 e. The molecule has 11 nitrogen and oxygen atoms in total. The summed E-state index contributed by atoms with van der Waals surface area (Å²) in [6, 6.07) is 7.91. The van der Waals surface area contributed by atoms with Crippen molar-refractivity contribution in [1.29, 1.82) is 0 Å². The van der Waals surface area contributed by atoms with Crippen LogP contribution >= 0.6 is 0 Å². The van der Waals surface area contributed by atoms with E-state index in [0.29, 0.717) is 50.6 Å². The summed E-state index contributed by atoms with van der Waals surface area (Å²) in [4.78, 5) is 28.4. The molecule has 2 aromatic rings. The third-order valence-electron chi connectivity index (χ3n) is 9.40. The van der Waals surface area contributed by atoms with E-state index in [1.807, 2.05) is 42.0 Å². The van der Waals surface area contributed by atoms with Gasteiger partial charge in [-0.2, -0.15) is 0 Å². The van der Waals surface area contributed by atoms with E-state index >= 15 is 0 Å². The van der Waals surface area contributed by atoms with Gasteiger partial charge in [-0.3, -0.25) is 9.59 Å². The maximum absolute atomic E-state index is 11.6. The number of nitrogens with two attached hydrogens (primary N) is 1. The van der Waals surface area contributed by atoms with Gasteiger partial charge in [-0.1, -0.05) is 12.6 Å². The second kappa shape index (κ2) is 17.3. The van der Waals surface area contributed by atoms with Crippen LogP contribution in [0.25, 0.3) is 0 Å². The van der Waals surface area contributed by atoms with Gasteiger partial charge in [0.2, 0.25) is 12.8 Å². The Morgan fingerprint density at radius 3 is 2.47 bits per heavy atom. The van der Waals surface area contributed by atoms with E-state index < -0.39 is 6.23 Å². The van der Waals surface area contributed by atoms with Gasteiger partial charge in [0, 0.05) is 61.9 Å². The molecular weight excluding hydrogens is 598 g/mol. The van der Waals surface area contributed by atoms with E-state index in [-0.39, 0.29) is 12.1 Å². The van der Waals surface area contributed by atoms with Crippen molar-refractivity contribution in [2.75, 3.05) is 56.8 Å². The molecule has 1 saturated heterocycles. The maximum atomic E-state index is 11.6. The fourth-order valence-electron chi connectivity index (χ4n) is 6.62. The molecule has 0 bridgehead atoms. The molecule has 0 aliphatic carbocycles. The number of hydrogen-bond donors (Lipinski definition) is 3. The Morgan fingerprint density at radius 2 is 1.79 bits per heavy atom. The van der Waals surface area contributed by atoms with Crippen LogP contribution in [0.2, 0.25) is 0 Å². The third kappa shape index (κ3) is 8.90. The van der Waals surface area contributed by atoms with E-state index in [2.05, 4.69) is 29.8 Å². The highest BCUT2D eigenvalue weighted by Gasteiger charge is 2.29. The predicted molar refractivity (Wildman–Crippen MR) is 185 cm³/mol. The quantitative estimate of drug-likeness (QED) is 0.171. The normalized spacial score (nSPS) is 19.3. The molecule has 3 atom stereocenters. The Kier molecular flexibility index (Phi) is 13.2. The number of aliphatic hydroxyl groups is 1. The van der Waals surface area contributed by atoms with Crippen LogP contribution < -0.4 is 35.1 Å². The number of rotatable bonds is 17. The van der Waals surface area contributed by atoms with Gasteiger partial charge in [0.1, 0.15) is 12.0 Å². The lowest BCUT2D eigenvalue weighted by atomic mass is 9.96. The van der Waals surface area contributed by atoms with Crippen LogP contribution in [0.15, 0.2) is 36.5 Å². The molecule has 2 amide bonds. The van der Waals surface area contributed by atoms with Crippen LogP contribution in [-0.4, -0.2) is 88.1 Å². The van der Waals surface area contributed by atoms with Gasteiger partial charge < -0.3 is 45.1 Å². The van der Waals surface area contributed by atoms with Crippen molar-refractivity contribution < 1.29 is 28.9 Å². The Morgan fingerprint density at radius 1 is 1.04 bits per heavy atom. The molecule has 3 unspecified atom stereocenters. The molecule has 47 heavy (non-hydrogen) atoms. The number of ether oxygens (including phenoxy) is 3. The largest absolute Gasteiger partial charge is 0.493 e. The number of fused-ring (bicyclic) bond motifs is 1. The molecule has 2 aliphatic rings. The zero-order chi connectivity index (χ0) is 33.9. The number of benzene rings is 2. The number of hydrogen-bond acceptors (Lipinski definition) is 9. The molecule has 2 heterocycles. The highest BCUT2D eigenvalue weighted by molar-refractivity contribution is 5.65. The SMILES string of the molecule is C=C(CN)N(CC1CCCN1C=O)c1cc(OCCCCCOc2cc3c(cc2C)CCCC(NC=O)C(O)N3C)c(OC)cc1C. The van der Waals surface area contributed by atoms with E-state index in [4.69, 9.17) is 19.9 Å². The van der Waals surface area contributed by atoms with Crippen molar-refractivity contribution in [1.82, 2.24) is 10.2 Å². The molecule has 258 valence electrons. The second-order valence-corrected chi connectivity index (χ2v) is 12.6. The number of likely N-dealkylation sites (N-methyl/N-ethyl adjacent to an activating group) is 1. The fraction of sp³-hybridized carbons (Fsp3) is 0.556. The summed E-state index contributed by atoms with van der Waals surface area (Å²) in [5, 5.41) is 13.6. The molecule has 2 aliphatic heterocycles. The van der Waals surface area contributed by atoms with E-state index in [1.54, 1.807) is 7.11 Å². The monoisotopic (exact) mass is 651 g/mol. The summed E-state index contributed by atoms with van der Waals surface area (Å²) in [6.45, 7) is 11.1. The lowest BCUT2D eigenvalue weighted by Crippen LogP contribution is -2.49. The first-order chi connectivity index (χ1) is 22.7. The fourth-order valence-corrected chi connectivity index (χ4v) is 6.62. The van der Waals surface area contributed by atoms with Crippen LogP contribution in [0, 0.1) is 13.8 Å². The second-order valence-electron chi connectivity index (χ2n) is 12.6. The van der Waals surface area contributed by atoms with Crippen LogP contribution in [-0.2, 0) is 16.0 Å². The number of aryl methyl sites for hydroxylation is 3. The zero-order valence-corrected chi connectivity index (χ0v) is 28.5. The molecule has 4 N–H and O–H groups in total. The number of carbonyl (C=O) groups excluding carboxylic acids is 2. The first-order valence-corrected chi connectivity index (χ1v) is 16.8. The Balaban J connectivity index is 1.32. The predicted octanol–water partition coefficient (Wildman–Crippen LogP) is 4.05. The number of amides is 2. The van der Waals surface area contributed by atoms with Crippen LogP contribution in [0.5, 0.6) is 17.2 Å². The van der Waals surface area contributed by atoms with Gasteiger partial charge in [0.05, 0.1) is 26.4 Å². The Bertz CT molecular complexity index is 1370. The minimum Gasteiger partial charge on any atom is -0.493 e. The highest BCUT2D eigenvalue weighted by atomic mass is 16.5. The van der Waals surface area contributed by atoms with Gasteiger partial charge >= 0.3 is 0 Å². The minimum absolute atomic E-state index is 0.105. The standard InChI is InChI=1S/C36H53N5O6/c1-25-18-34(45-5)35(19-31(25)41(27(3)21-37)22-29-12-10-14-40(29)24-43)47-16-8-6-7-15-46-33-20-32-28(17-26(33)2)11-9-13-30(38-23-42)36(44)39(32)4/h17-20,23-24,29-30,36,44H,3,6-16,21-22,37H2,1-2,4-5H3,(H,38,42). The number of unbranched alkanes of at least 4 members (excludes halogenated alkanes) is 2. The van der Waals surface area contributed by atoms with Crippen molar-refractivity contribution in [2.24, 2.45) is 5.73 Å². The number of aliphatic hydroxyl groups excluding tert-OH is 1. The van der Waals surface area contributed by atoms with Crippen molar-refractivity contribution in [3.05, 3.63) is 53.2 Å². The first kappa shape index (κ1) is 35.9. The number of likely N-dealkylation sites (tertiary alicyclic amines) is 1. The molecule has 0 aromatic heterocycles. The van der Waals surface area contributed by atoms with Gasteiger partial charge in [-0.25, -0.2) is 0 Å². The van der Waals surface area contributed by atoms with E-state index in [0.717, 1.165) is 91.8 Å². The van der Waals surface area contributed by atoms with Gasteiger partial charge in [0.25, 0.3) is 0 Å². The molecule has 1 fully saturated rings. The first-order valence-electron chi connectivity index (χ1n) is 16.8. The molecular formula is C36H53N5O6. The topological polar surface area (TPSA) is 130 Å². The van der Waals surface area contributed by atoms with Crippen LogP contribution in [0.1, 0.15) is 61.6 Å². The number of methoxy groups -OCH3 is 1. The minimum atomic E-state index is -0.819. The third-order valence-corrected chi connectivity index (χ3v) is 9.40.